The van der Waals surface area contributed by atoms with Crippen molar-refractivity contribution in [1.82, 2.24) is 0 Å². The molecule has 1 amide bonds. The lowest BCUT2D eigenvalue weighted by Crippen LogP contribution is -2.12. The molecule has 1 N–H and O–H groups in total. The summed E-state index contributed by atoms with van der Waals surface area (Å²) in [6.07, 6.45) is 1.30. The van der Waals surface area contributed by atoms with Crippen LogP contribution in [0.2, 0.25) is 0 Å². The summed E-state index contributed by atoms with van der Waals surface area (Å²) in [4.78, 5) is 11.9. The zero-order valence-electron chi connectivity index (χ0n) is 11.4. The van der Waals surface area contributed by atoms with Crippen molar-refractivity contribution in [3.8, 4) is 0 Å². The number of carbonyl (C=O) groups excluding carboxylic acids is 1. The van der Waals surface area contributed by atoms with E-state index in [9.17, 15) is 4.79 Å². The third-order valence-corrected chi connectivity index (χ3v) is 3.18. The molecule has 0 saturated carbocycles. The lowest BCUT2D eigenvalue weighted by molar-refractivity contribution is -0.116. The molecule has 98 valence electrons. The van der Waals surface area contributed by atoms with Crippen LogP contribution >= 0.6 is 0 Å². The summed E-state index contributed by atoms with van der Waals surface area (Å²) in [6.45, 7) is 4.18. The largest absolute Gasteiger partial charge is 0.326 e. The third-order valence-electron chi connectivity index (χ3n) is 3.18. The summed E-state index contributed by atoms with van der Waals surface area (Å²) in [5.41, 5.74) is 4.62. The first-order valence-corrected chi connectivity index (χ1v) is 6.56. The molecule has 2 nitrogen and oxygen atoms in total. The first-order chi connectivity index (χ1) is 9.15. The van der Waals surface area contributed by atoms with E-state index in [1.807, 2.05) is 30.3 Å². The summed E-state index contributed by atoms with van der Waals surface area (Å²) in [5.74, 6) is 0.0613. The number of hydrogen-bond donors (Lipinski definition) is 1. The van der Waals surface area contributed by atoms with Crippen molar-refractivity contribution in [1.29, 1.82) is 0 Å². The van der Waals surface area contributed by atoms with E-state index in [1.165, 1.54) is 16.7 Å². The zero-order valence-corrected chi connectivity index (χ0v) is 11.4. The van der Waals surface area contributed by atoms with Gasteiger partial charge in [-0.2, -0.15) is 0 Å². The van der Waals surface area contributed by atoms with Crippen LogP contribution in [0.25, 0.3) is 0 Å². The first-order valence-electron chi connectivity index (χ1n) is 6.56. The Morgan fingerprint density at radius 2 is 1.79 bits per heavy atom. The Morgan fingerprint density at radius 1 is 1.05 bits per heavy atom. The number of amides is 1. The van der Waals surface area contributed by atoms with Crippen molar-refractivity contribution in [3.63, 3.8) is 0 Å². The van der Waals surface area contributed by atoms with Crippen molar-refractivity contribution in [3.05, 3.63) is 65.2 Å². The van der Waals surface area contributed by atoms with E-state index in [0.29, 0.717) is 6.42 Å². The molecule has 0 aromatic heterocycles. The number of rotatable bonds is 4. The summed E-state index contributed by atoms with van der Waals surface area (Å²) in [5, 5.41) is 2.90. The monoisotopic (exact) mass is 253 g/mol. The van der Waals surface area contributed by atoms with E-state index in [4.69, 9.17) is 0 Å². The molecule has 2 aromatic rings. The van der Waals surface area contributed by atoms with Gasteiger partial charge in [-0.3, -0.25) is 4.79 Å². The average Bonchev–Trinajstić information content (AvgIpc) is 2.39. The first kappa shape index (κ1) is 13.3. The Balaban J connectivity index is 1.90. The molecule has 0 atom stereocenters. The maximum atomic E-state index is 11.9. The van der Waals surface area contributed by atoms with Gasteiger partial charge in [0.2, 0.25) is 5.91 Å². The lowest BCUT2D eigenvalue weighted by atomic mass is 10.0. The molecule has 0 bridgehead atoms. The fourth-order valence-corrected chi connectivity index (χ4v) is 2.12. The highest BCUT2D eigenvalue weighted by atomic mass is 16.1. The van der Waals surface area contributed by atoms with Crippen LogP contribution in [0.4, 0.5) is 5.69 Å². The number of hydrogen-bond acceptors (Lipinski definition) is 1. The minimum Gasteiger partial charge on any atom is -0.326 e. The maximum Gasteiger partial charge on any atom is 0.224 e. The van der Waals surface area contributed by atoms with Gasteiger partial charge in [-0.1, -0.05) is 42.0 Å². The molecule has 0 spiro atoms. The number of para-hydroxylation sites is 1. The molecular weight excluding hydrogens is 234 g/mol. The summed E-state index contributed by atoms with van der Waals surface area (Å²) >= 11 is 0. The topological polar surface area (TPSA) is 29.1 Å². The predicted octanol–water partition coefficient (Wildman–Crippen LogP) is 3.87. The van der Waals surface area contributed by atoms with E-state index in [1.54, 1.807) is 0 Å². The van der Waals surface area contributed by atoms with Gasteiger partial charge in [-0.05, 0) is 43.5 Å². The molecule has 0 unspecified atom stereocenters. The fraction of sp³-hybridized carbons (Fsp3) is 0.235. The van der Waals surface area contributed by atoms with Crippen LogP contribution in [-0.4, -0.2) is 5.91 Å². The molecule has 0 aliphatic carbocycles. The summed E-state index contributed by atoms with van der Waals surface area (Å²) < 4.78 is 0. The van der Waals surface area contributed by atoms with Crippen LogP contribution in [0.1, 0.15) is 23.1 Å². The van der Waals surface area contributed by atoms with Gasteiger partial charge < -0.3 is 5.32 Å². The van der Waals surface area contributed by atoms with Gasteiger partial charge in [-0.25, -0.2) is 0 Å². The fourth-order valence-electron chi connectivity index (χ4n) is 2.12. The van der Waals surface area contributed by atoms with Crippen LogP contribution in [0.3, 0.4) is 0 Å². The van der Waals surface area contributed by atoms with Gasteiger partial charge in [0, 0.05) is 12.1 Å². The van der Waals surface area contributed by atoms with Gasteiger partial charge in [0.1, 0.15) is 0 Å². The maximum absolute atomic E-state index is 11.9. The van der Waals surface area contributed by atoms with Gasteiger partial charge in [0.25, 0.3) is 0 Å². The van der Waals surface area contributed by atoms with Crippen LogP contribution < -0.4 is 5.32 Å². The SMILES string of the molecule is Cc1ccc(CCC(=O)Nc2ccccc2)c(C)c1. The number of benzene rings is 2. The smallest absolute Gasteiger partial charge is 0.224 e. The molecule has 0 fully saturated rings. The Morgan fingerprint density at radius 3 is 2.47 bits per heavy atom. The van der Waals surface area contributed by atoms with E-state index in [2.05, 4.69) is 37.4 Å². The van der Waals surface area contributed by atoms with Gasteiger partial charge in [0.05, 0.1) is 0 Å². The van der Waals surface area contributed by atoms with E-state index >= 15 is 0 Å². The number of anilines is 1. The lowest BCUT2D eigenvalue weighted by Gasteiger charge is -2.08. The average molecular weight is 253 g/mol. The van der Waals surface area contributed by atoms with Crippen molar-refractivity contribution >= 4 is 11.6 Å². The van der Waals surface area contributed by atoms with Crippen molar-refractivity contribution < 1.29 is 4.79 Å². The zero-order chi connectivity index (χ0) is 13.7. The molecule has 2 aromatic carbocycles. The van der Waals surface area contributed by atoms with Crippen molar-refractivity contribution in [2.45, 2.75) is 26.7 Å². The molecule has 0 aliphatic rings. The second-order valence-electron chi connectivity index (χ2n) is 4.84. The summed E-state index contributed by atoms with van der Waals surface area (Å²) in [7, 11) is 0. The van der Waals surface area contributed by atoms with Gasteiger partial charge in [-0.15, -0.1) is 0 Å². The highest BCUT2D eigenvalue weighted by molar-refractivity contribution is 5.90. The Labute approximate surface area is 114 Å². The number of aryl methyl sites for hydroxylation is 3. The van der Waals surface area contributed by atoms with Crippen molar-refractivity contribution in [2.24, 2.45) is 0 Å². The Kier molecular flexibility index (Phi) is 4.35. The molecule has 19 heavy (non-hydrogen) atoms. The van der Waals surface area contributed by atoms with Crippen LogP contribution in [0.5, 0.6) is 0 Å². The molecule has 2 heteroatoms. The second kappa shape index (κ2) is 6.19. The van der Waals surface area contributed by atoms with Crippen LogP contribution in [-0.2, 0) is 11.2 Å². The molecule has 0 aliphatic heterocycles. The minimum absolute atomic E-state index is 0.0613. The molecule has 0 radical (unpaired) electrons. The van der Waals surface area contributed by atoms with E-state index in [-0.39, 0.29) is 5.91 Å². The predicted molar refractivity (Wildman–Crippen MR) is 79.3 cm³/mol. The van der Waals surface area contributed by atoms with E-state index in [0.717, 1.165) is 12.1 Å². The summed E-state index contributed by atoms with van der Waals surface area (Å²) in [6, 6.07) is 15.9. The molecule has 2 rings (SSSR count). The molecule has 0 saturated heterocycles. The van der Waals surface area contributed by atoms with E-state index < -0.39 is 0 Å². The number of nitrogens with one attached hydrogen (secondary N) is 1. The minimum atomic E-state index is 0.0613. The van der Waals surface area contributed by atoms with Gasteiger partial charge >= 0.3 is 0 Å². The standard InChI is InChI=1S/C17H19NO/c1-13-8-9-15(14(2)12-13)10-11-17(19)18-16-6-4-3-5-7-16/h3-9,12H,10-11H2,1-2H3,(H,18,19). The van der Waals surface area contributed by atoms with Gasteiger partial charge in [0.15, 0.2) is 0 Å². The normalized spacial score (nSPS) is 10.2. The number of carbonyl (C=O) groups is 1. The molecule has 0 heterocycles. The Bertz CT molecular complexity index is 561. The van der Waals surface area contributed by atoms with Crippen LogP contribution in [0.15, 0.2) is 48.5 Å². The highest BCUT2D eigenvalue weighted by Crippen LogP contribution is 2.13. The van der Waals surface area contributed by atoms with Crippen LogP contribution in [0, 0.1) is 13.8 Å². The quantitative estimate of drug-likeness (QED) is 0.880. The second-order valence-corrected chi connectivity index (χ2v) is 4.84. The Hall–Kier alpha value is -2.09. The highest BCUT2D eigenvalue weighted by Gasteiger charge is 2.04. The van der Waals surface area contributed by atoms with Crippen molar-refractivity contribution in [2.75, 3.05) is 5.32 Å². The third kappa shape index (κ3) is 3.95. The molecular formula is C17H19NO.